The zero-order valence-corrected chi connectivity index (χ0v) is 18.0. The van der Waals surface area contributed by atoms with Crippen LogP contribution in [-0.4, -0.2) is 30.5 Å². The number of nitrogens with one attached hydrogen (secondary N) is 1. The van der Waals surface area contributed by atoms with Crippen LogP contribution < -0.4 is 15.1 Å². The van der Waals surface area contributed by atoms with Crippen molar-refractivity contribution in [2.75, 3.05) is 34.8 Å². The maximum Gasteiger partial charge on any atom is 0.244 e. The zero-order valence-electron chi connectivity index (χ0n) is 18.0. The number of hydrogen-bond donors (Lipinski definition) is 1. The Balaban J connectivity index is 2.17. The van der Waals surface area contributed by atoms with E-state index >= 15 is 0 Å². The van der Waals surface area contributed by atoms with Crippen LogP contribution in [0.2, 0.25) is 0 Å². The van der Waals surface area contributed by atoms with Gasteiger partial charge in [0.25, 0.3) is 0 Å². The summed E-state index contributed by atoms with van der Waals surface area (Å²) in [6.07, 6.45) is 2.26. The summed E-state index contributed by atoms with van der Waals surface area (Å²) < 4.78 is 0. The fourth-order valence-corrected chi connectivity index (χ4v) is 4.18. The molecule has 3 rings (SSSR count). The van der Waals surface area contributed by atoms with Crippen molar-refractivity contribution in [2.45, 2.75) is 54.4 Å². The normalized spacial score (nSPS) is 13.4. The third-order valence-electron chi connectivity index (χ3n) is 5.34. The summed E-state index contributed by atoms with van der Waals surface area (Å²) in [4.78, 5) is 21.9. The van der Waals surface area contributed by atoms with Crippen molar-refractivity contribution in [2.24, 2.45) is 0 Å². The van der Waals surface area contributed by atoms with Crippen LogP contribution in [-0.2, 0) is 4.79 Å². The third kappa shape index (κ3) is 3.84. The van der Waals surface area contributed by atoms with E-state index in [-0.39, 0.29) is 12.5 Å². The van der Waals surface area contributed by atoms with Gasteiger partial charge in [0.1, 0.15) is 12.2 Å². The number of anilines is 4. The lowest BCUT2D eigenvalue weighted by molar-refractivity contribution is -0.115. The molecule has 1 aromatic carbocycles. The molecule has 0 bridgehead atoms. The first-order valence-electron chi connectivity index (χ1n) is 10.3. The van der Waals surface area contributed by atoms with Gasteiger partial charge >= 0.3 is 0 Å². The van der Waals surface area contributed by atoms with Crippen molar-refractivity contribution < 1.29 is 4.79 Å². The zero-order chi connectivity index (χ0) is 20.4. The van der Waals surface area contributed by atoms with Crippen molar-refractivity contribution in [1.82, 2.24) is 4.98 Å². The highest BCUT2D eigenvalue weighted by molar-refractivity contribution is 6.06. The van der Waals surface area contributed by atoms with Gasteiger partial charge in [-0.05, 0) is 58.2 Å². The fraction of sp³-hybridized carbons (Fsp3) is 0.478. The van der Waals surface area contributed by atoms with Gasteiger partial charge in [0.2, 0.25) is 5.91 Å². The van der Waals surface area contributed by atoms with Crippen LogP contribution >= 0.6 is 0 Å². The number of benzene rings is 1. The number of nitrogens with zero attached hydrogens (tertiary/aromatic N) is 3. The largest absolute Gasteiger partial charge is 0.370 e. The number of amides is 1. The highest BCUT2D eigenvalue weighted by Gasteiger charge is 2.30. The second-order valence-corrected chi connectivity index (χ2v) is 7.80. The van der Waals surface area contributed by atoms with E-state index in [9.17, 15) is 4.79 Å². The van der Waals surface area contributed by atoms with Crippen LogP contribution in [0.3, 0.4) is 0 Å². The summed E-state index contributed by atoms with van der Waals surface area (Å²) in [5.74, 6) is 0.852. The Morgan fingerprint density at radius 2 is 1.79 bits per heavy atom. The number of carbonyl (C=O) groups excluding carboxylic acids is 1. The average molecular weight is 381 g/mol. The molecule has 0 saturated heterocycles. The predicted molar refractivity (Wildman–Crippen MR) is 118 cm³/mol. The second-order valence-electron chi connectivity index (χ2n) is 7.80. The Morgan fingerprint density at radius 3 is 2.39 bits per heavy atom. The molecule has 1 amide bonds. The topological polar surface area (TPSA) is 48.5 Å². The molecular weight excluding hydrogens is 348 g/mol. The van der Waals surface area contributed by atoms with E-state index < -0.39 is 0 Å². The van der Waals surface area contributed by atoms with Gasteiger partial charge in [-0.2, -0.15) is 0 Å². The van der Waals surface area contributed by atoms with Gasteiger partial charge in [0, 0.05) is 24.5 Å². The summed E-state index contributed by atoms with van der Waals surface area (Å²) in [6, 6.07) is 6.44. The van der Waals surface area contributed by atoms with Gasteiger partial charge in [-0.1, -0.05) is 31.0 Å². The van der Waals surface area contributed by atoms with Crippen molar-refractivity contribution in [3.05, 3.63) is 40.6 Å². The maximum atomic E-state index is 12.7. The molecule has 0 radical (unpaired) electrons. The van der Waals surface area contributed by atoms with Crippen LogP contribution in [0, 0.1) is 27.7 Å². The van der Waals surface area contributed by atoms with Crippen LogP contribution in [0.1, 0.15) is 49.1 Å². The lowest BCUT2D eigenvalue weighted by Gasteiger charge is -2.35. The van der Waals surface area contributed by atoms with Crippen LogP contribution in [0.4, 0.5) is 22.9 Å². The Kier molecular flexibility index (Phi) is 5.92. The van der Waals surface area contributed by atoms with Gasteiger partial charge in [0.15, 0.2) is 5.82 Å². The maximum absolute atomic E-state index is 12.7. The van der Waals surface area contributed by atoms with E-state index in [0.717, 1.165) is 54.5 Å². The molecule has 1 aliphatic heterocycles. The number of unbranched alkanes of at least 4 members (excludes halogenated alkanes) is 1. The van der Waals surface area contributed by atoms with Gasteiger partial charge in [0.05, 0.1) is 5.69 Å². The van der Waals surface area contributed by atoms with Gasteiger partial charge in [-0.3, -0.25) is 4.79 Å². The van der Waals surface area contributed by atoms with Gasteiger partial charge < -0.3 is 15.1 Å². The molecule has 0 atom stereocenters. The minimum Gasteiger partial charge on any atom is -0.370 e. The molecule has 28 heavy (non-hydrogen) atoms. The van der Waals surface area contributed by atoms with Crippen LogP contribution in [0.15, 0.2) is 18.2 Å². The number of hydrogen-bond acceptors (Lipinski definition) is 4. The summed E-state index contributed by atoms with van der Waals surface area (Å²) in [5, 5.41) is 3.11. The second kappa shape index (κ2) is 8.21. The van der Waals surface area contributed by atoms with E-state index in [1.54, 1.807) is 0 Å². The smallest absolute Gasteiger partial charge is 0.244 e. The first kappa shape index (κ1) is 20.2. The molecule has 5 heteroatoms. The van der Waals surface area contributed by atoms with E-state index in [1.807, 2.05) is 6.92 Å². The molecule has 1 aliphatic rings. The van der Waals surface area contributed by atoms with Crippen molar-refractivity contribution >= 4 is 28.8 Å². The minimum atomic E-state index is 0.00493. The molecule has 2 heterocycles. The molecule has 0 saturated carbocycles. The predicted octanol–water partition coefficient (Wildman–Crippen LogP) is 5.03. The highest BCUT2D eigenvalue weighted by atomic mass is 16.2. The first-order chi connectivity index (χ1) is 13.3. The Bertz CT molecular complexity index is 867. The van der Waals surface area contributed by atoms with Crippen LogP contribution in [0.25, 0.3) is 0 Å². The van der Waals surface area contributed by atoms with E-state index in [4.69, 9.17) is 4.98 Å². The van der Waals surface area contributed by atoms with E-state index in [2.05, 4.69) is 67.9 Å². The number of aryl methyl sites for hydroxylation is 4. The van der Waals surface area contributed by atoms with Crippen LogP contribution in [0.5, 0.6) is 0 Å². The fourth-order valence-electron chi connectivity index (χ4n) is 4.18. The third-order valence-corrected chi connectivity index (χ3v) is 5.34. The molecule has 0 unspecified atom stereocenters. The number of rotatable bonds is 6. The Labute approximate surface area is 168 Å². The number of fused-ring (bicyclic) bond motifs is 1. The molecule has 2 aromatic rings. The van der Waals surface area contributed by atoms with Gasteiger partial charge in [-0.15, -0.1) is 0 Å². The van der Waals surface area contributed by atoms with E-state index in [1.165, 1.54) is 16.7 Å². The summed E-state index contributed by atoms with van der Waals surface area (Å²) in [5.41, 5.74) is 7.52. The monoisotopic (exact) mass is 380 g/mol. The average Bonchev–Trinajstić information content (AvgIpc) is 2.62. The summed E-state index contributed by atoms with van der Waals surface area (Å²) >= 11 is 0. The minimum absolute atomic E-state index is 0.00493. The number of pyridine rings is 1. The summed E-state index contributed by atoms with van der Waals surface area (Å²) in [6.45, 7) is 14.9. The first-order valence-corrected chi connectivity index (χ1v) is 10.3. The van der Waals surface area contributed by atoms with Crippen molar-refractivity contribution in [1.29, 1.82) is 0 Å². The number of carbonyl (C=O) groups is 1. The molecular formula is C23H32N4O. The summed E-state index contributed by atoms with van der Waals surface area (Å²) in [7, 11) is 0. The molecule has 5 nitrogen and oxygen atoms in total. The molecule has 1 aromatic heterocycles. The molecule has 0 fully saturated rings. The van der Waals surface area contributed by atoms with Crippen molar-refractivity contribution in [3.63, 3.8) is 0 Å². The molecule has 0 aliphatic carbocycles. The Hall–Kier alpha value is -2.56. The van der Waals surface area contributed by atoms with E-state index in [0.29, 0.717) is 0 Å². The molecule has 150 valence electrons. The highest BCUT2D eigenvalue weighted by Crippen LogP contribution is 2.42. The standard InChI is InChI=1S/C23H32N4O/c1-7-9-10-26(8-2)19-13-18(6)24-23-21(19)25-20(28)14-27(23)22-16(4)11-15(3)12-17(22)5/h11-13H,7-10,14H2,1-6H3,(H,25,28). The van der Waals surface area contributed by atoms with Crippen molar-refractivity contribution in [3.8, 4) is 0 Å². The molecule has 0 spiro atoms. The van der Waals surface area contributed by atoms with Gasteiger partial charge in [-0.25, -0.2) is 4.98 Å². The SMILES string of the molecule is CCCCN(CC)c1cc(C)nc2c1NC(=O)CN2c1c(C)cc(C)cc1C. The molecule has 1 N–H and O–H groups in total. The quantitative estimate of drug-likeness (QED) is 0.763. The lowest BCUT2D eigenvalue weighted by Crippen LogP contribution is -2.38. The number of aromatic nitrogens is 1. The Morgan fingerprint density at radius 1 is 1.11 bits per heavy atom. The lowest BCUT2D eigenvalue weighted by atomic mass is 10.0.